The standard InChI is InChI=1S/C15H24N2O2/c1-5-6-13-7-12(15(18)19)8-14(17-13)16-9-11(4)10(2)3/h7-8,10-11H,5-6,9H2,1-4H3,(H,16,17)(H,18,19). The molecule has 106 valence electrons. The Morgan fingerprint density at radius 1 is 1.37 bits per heavy atom. The van der Waals surface area contributed by atoms with Crippen LogP contribution in [0.5, 0.6) is 0 Å². The summed E-state index contributed by atoms with van der Waals surface area (Å²) in [6.45, 7) is 9.39. The first-order valence-electron chi connectivity index (χ1n) is 6.92. The van der Waals surface area contributed by atoms with Crippen molar-refractivity contribution in [3.63, 3.8) is 0 Å². The van der Waals surface area contributed by atoms with Gasteiger partial charge >= 0.3 is 5.97 Å². The molecular weight excluding hydrogens is 240 g/mol. The van der Waals surface area contributed by atoms with E-state index in [4.69, 9.17) is 5.11 Å². The van der Waals surface area contributed by atoms with Crippen molar-refractivity contribution in [3.05, 3.63) is 23.4 Å². The number of hydrogen-bond donors (Lipinski definition) is 2. The number of carboxylic acid groups (broad SMARTS) is 1. The molecule has 0 aliphatic heterocycles. The van der Waals surface area contributed by atoms with E-state index in [1.54, 1.807) is 12.1 Å². The molecule has 0 aliphatic carbocycles. The van der Waals surface area contributed by atoms with Gasteiger partial charge in [0.25, 0.3) is 0 Å². The summed E-state index contributed by atoms with van der Waals surface area (Å²) in [5.74, 6) is 0.866. The molecular formula is C15H24N2O2. The predicted molar refractivity (Wildman–Crippen MR) is 77.7 cm³/mol. The average molecular weight is 264 g/mol. The van der Waals surface area contributed by atoms with Crippen LogP contribution in [0.2, 0.25) is 0 Å². The molecule has 0 radical (unpaired) electrons. The van der Waals surface area contributed by atoms with Crippen LogP contribution in [0.1, 0.15) is 50.2 Å². The summed E-state index contributed by atoms with van der Waals surface area (Å²) in [7, 11) is 0. The quantitative estimate of drug-likeness (QED) is 0.792. The summed E-state index contributed by atoms with van der Waals surface area (Å²) < 4.78 is 0. The first-order valence-corrected chi connectivity index (χ1v) is 6.92. The minimum atomic E-state index is -0.903. The lowest BCUT2D eigenvalue weighted by molar-refractivity contribution is 0.0696. The SMILES string of the molecule is CCCc1cc(C(=O)O)cc(NCC(C)C(C)C)n1. The van der Waals surface area contributed by atoms with E-state index in [9.17, 15) is 4.79 Å². The van der Waals surface area contributed by atoms with E-state index in [2.05, 4.69) is 38.0 Å². The molecule has 0 aliphatic rings. The number of anilines is 1. The predicted octanol–water partition coefficient (Wildman–Crippen LogP) is 3.44. The van der Waals surface area contributed by atoms with Gasteiger partial charge in [-0.15, -0.1) is 0 Å². The molecule has 0 amide bonds. The van der Waals surface area contributed by atoms with Crippen LogP contribution in [0.25, 0.3) is 0 Å². The molecule has 0 bridgehead atoms. The Morgan fingerprint density at radius 2 is 2.05 bits per heavy atom. The van der Waals surface area contributed by atoms with Gasteiger partial charge in [0.1, 0.15) is 5.82 Å². The minimum absolute atomic E-state index is 0.304. The van der Waals surface area contributed by atoms with Gasteiger partial charge in [-0.1, -0.05) is 34.1 Å². The highest BCUT2D eigenvalue weighted by Gasteiger charge is 2.10. The van der Waals surface area contributed by atoms with Crippen LogP contribution in [0.4, 0.5) is 5.82 Å². The Bertz CT molecular complexity index is 430. The molecule has 0 saturated heterocycles. The van der Waals surface area contributed by atoms with E-state index in [0.717, 1.165) is 25.1 Å². The molecule has 0 fully saturated rings. The molecule has 1 aromatic rings. The van der Waals surface area contributed by atoms with Crippen molar-refractivity contribution in [1.82, 2.24) is 4.98 Å². The maximum absolute atomic E-state index is 11.1. The third-order valence-corrected chi connectivity index (χ3v) is 3.37. The highest BCUT2D eigenvalue weighted by molar-refractivity contribution is 5.88. The number of aromatic nitrogens is 1. The van der Waals surface area contributed by atoms with E-state index >= 15 is 0 Å². The molecule has 19 heavy (non-hydrogen) atoms. The topological polar surface area (TPSA) is 62.2 Å². The number of aryl methyl sites for hydroxylation is 1. The van der Waals surface area contributed by atoms with Crippen molar-refractivity contribution < 1.29 is 9.90 Å². The monoisotopic (exact) mass is 264 g/mol. The fourth-order valence-electron chi connectivity index (χ4n) is 1.69. The van der Waals surface area contributed by atoms with Gasteiger partial charge in [0.05, 0.1) is 5.56 Å². The average Bonchev–Trinajstić information content (AvgIpc) is 2.35. The number of carbonyl (C=O) groups is 1. The van der Waals surface area contributed by atoms with E-state index < -0.39 is 5.97 Å². The van der Waals surface area contributed by atoms with Crippen molar-refractivity contribution in [1.29, 1.82) is 0 Å². The first-order chi connectivity index (χ1) is 8.93. The van der Waals surface area contributed by atoms with Gasteiger partial charge in [-0.2, -0.15) is 0 Å². The van der Waals surface area contributed by atoms with E-state index in [0.29, 0.717) is 23.2 Å². The summed E-state index contributed by atoms with van der Waals surface area (Å²) in [6, 6.07) is 3.26. The van der Waals surface area contributed by atoms with Gasteiger partial charge in [0.15, 0.2) is 0 Å². The summed E-state index contributed by atoms with van der Waals surface area (Å²) in [6.07, 6.45) is 1.76. The van der Waals surface area contributed by atoms with Crippen LogP contribution >= 0.6 is 0 Å². The molecule has 4 heteroatoms. The lowest BCUT2D eigenvalue weighted by Crippen LogP contribution is -2.17. The molecule has 0 spiro atoms. The number of hydrogen-bond acceptors (Lipinski definition) is 3. The molecule has 4 nitrogen and oxygen atoms in total. The summed E-state index contributed by atoms with van der Waals surface area (Å²) in [4.78, 5) is 15.6. The summed E-state index contributed by atoms with van der Waals surface area (Å²) in [5, 5.41) is 12.4. The van der Waals surface area contributed by atoms with Gasteiger partial charge < -0.3 is 10.4 Å². The van der Waals surface area contributed by atoms with Crippen molar-refractivity contribution >= 4 is 11.8 Å². The van der Waals surface area contributed by atoms with Gasteiger partial charge in [-0.05, 0) is 30.4 Å². The van der Waals surface area contributed by atoms with Gasteiger partial charge in [0, 0.05) is 12.2 Å². The van der Waals surface area contributed by atoms with Crippen LogP contribution in [0.3, 0.4) is 0 Å². The Kier molecular flexibility index (Phi) is 5.80. The fourth-order valence-corrected chi connectivity index (χ4v) is 1.69. The summed E-state index contributed by atoms with van der Waals surface area (Å²) >= 11 is 0. The van der Waals surface area contributed by atoms with E-state index in [-0.39, 0.29) is 0 Å². The smallest absolute Gasteiger partial charge is 0.335 e. The van der Waals surface area contributed by atoms with Gasteiger partial charge in [-0.25, -0.2) is 9.78 Å². The second-order valence-electron chi connectivity index (χ2n) is 5.39. The third kappa shape index (κ3) is 4.89. The normalized spacial score (nSPS) is 12.5. The van der Waals surface area contributed by atoms with E-state index in [1.165, 1.54) is 0 Å². The molecule has 1 unspecified atom stereocenters. The molecule has 1 aromatic heterocycles. The zero-order valence-corrected chi connectivity index (χ0v) is 12.2. The zero-order chi connectivity index (χ0) is 14.4. The van der Waals surface area contributed by atoms with Crippen LogP contribution < -0.4 is 5.32 Å². The molecule has 1 heterocycles. The molecule has 0 aromatic carbocycles. The number of aromatic carboxylic acids is 1. The second kappa shape index (κ2) is 7.12. The van der Waals surface area contributed by atoms with E-state index in [1.807, 2.05) is 0 Å². The number of rotatable bonds is 7. The highest BCUT2D eigenvalue weighted by Crippen LogP contribution is 2.15. The van der Waals surface area contributed by atoms with Crippen LogP contribution in [0, 0.1) is 11.8 Å². The number of nitrogens with one attached hydrogen (secondary N) is 1. The highest BCUT2D eigenvalue weighted by atomic mass is 16.4. The molecule has 2 N–H and O–H groups in total. The Hall–Kier alpha value is -1.58. The summed E-state index contributed by atoms with van der Waals surface area (Å²) in [5.41, 5.74) is 1.14. The molecule has 0 saturated carbocycles. The van der Waals surface area contributed by atoms with Crippen molar-refractivity contribution in [2.75, 3.05) is 11.9 Å². The Labute approximate surface area is 115 Å². The Balaban J connectivity index is 2.84. The number of carboxylic acids is 1. The fraction of sp³-hybridized carbons (Fsp3) is 0.600. The Morgan fingerprint density at radius 3 is 2.58 bits per heavy atom. The van der Waals surface area contributed by atoms with Crippen LogP contribution in [0.15, 0.2) is 12.1 Å². The van der Waals surface area contributed by atoms with Gasteiger partial charge in [0.2, 0.25) is 0 Å². The second-order valence-corrected chi connectivity index (χ2v) is 5.39. The largest absolute Gasteiger partial charge is 0.478 e. The van der Waals surface area contributed by atoms with Crippen LogP contribution in [-0.2, 0) is 6.42 Å². The molecule has 1 rings (SSSR count). The molecule has 1 atom stereocenters. The zero-order valence-electron chi connectivity index (χ0n) is 12.2. The van der Waals surface area contributed by atoms with Crippen molar-refractivity contribution in [3.8, 4) is 0 Å². The third-order valence-electron chi connectivity index (χ3n) is 3.37. The first kappa shape index (κ1) is 15.5. The lowest BCUT2D eigenvalue weighted by atomic mass is 9.98. The minimum Gasteiger partial charge on any atom is -0.478 e. The van der Waals surface area contributed by atoms with Crippen molar-refractivity contribution in [2.24, 2.45) is 11.8 Å². The number of nitrogens with zero attached hydrogens (tertiary/aromatic N) is 1. The lowest BCUT2D eigenvalue weighted by Gasteiger charge is -2.17. The van der Waals surface area contributed by atoms with Crippen LogP contribution in [-0.4, -0.2) is 22.6 Å². The number of pyridine rings is 1. The van der Waals surface area contributed by atoms with Gasteiger partial charge in [-0.3, -0.25) is 0 Å². The maximum Gasteiger partial charge on any atom is 0.335 e. The van der Waals surface area contributed by atoms with Crippen molar-refractivity contribution in [2.45, 2.75) is 40.5 Å². The maximum atomic E-state index is 11.1.